The monoisotopic (exact) mass is 420 g/mol. The van der Waals surface area contributed by atoms with Crippen LogP contribution < -0.4 is 14.9 Å². The van der Waals surface area contributed by atoms with Crippen LogP contribution in [0.4, 0.5) is 4.39 Å². The lowest BCUT2D eigenvalue weighted by molar-refractivity contribution is 0.174. The van der Waals surface area contributed by atoms with Crippen LogP contribution in [0, 0.1) is 5.82 Å². The highest BCUT2D eigenvalue weighted by atomic mass is 32.1. The van der Waals surface area contributed by atoms with E-state index < -0.39 is 5.82 Å². The number of fused-ring (bicyclic) bond motifs is 3. The predicted molar refractivity (Wildman–Crippen MR) is 111 cm³/mol. The smallest absolute Gasteiger partial charge is 0.231 e. The summed E-state index contributed by atoms with van der Waals surface area (Å²) in [7, 11) is 0. The molecule has 0 amide bonds. The zero-order valence-corrected chi connectivity index (χ0v) is 16.2. The number of aromatic amines is 1. The lowest BCUT2D eigenvalue weighted by Crippen LogP contribution is -2.02. The van der Waals surface area contributed by atoms with Crippen molar-refractivity contribution in [3.8, 4) is 22.2 Å². The number of H-pyrrole nitrogens is 1. The van der Waals surface area contributed by atoms with E-state index in [0.29, 0.717) is 45.2 Å². The zero-order chi connectivity index (χ0) is 20.2. The van der Waals surface area contributed by atoms with Crippen LogP contribution in [0.15, 0.2) is 57.2 Å². The zero-order valence-electron chi connectivity index (χ0n) is 15.4. The van der Waals surface area contributed by atoms with Crippen LogP contribution in [0.2, 0.25) is 0 Å². The second-order valence-corrected chi connectivity index (χ2v) is 7.85. The molecular formula is C22H13FN2O4S. The van der Waals surface area contributed by atoms with E-state index in [1.165, 1.54) is 29.5 Å². The molecule has 6 nitrogen and oxygen atoms in total. The molecule has 4 heterocycles. The van der Waals surface area contributed by atoms with Gasteiger partial charge in [0.1, 0.15) is 16.4 Å². The first-order valence-electron chi connectivity index (χ1n) is 9.23. The Morgan fingerprint density at radius 3 is 2.90 bits per heavy atom. The van der Waals surface area contributed by atoms with Gasteiger partial charge in [-0.05, 0) is 35.9 Å². The minimum atomic E-state index is -0.485. The molecule has 1 aliphatic heterocycles. The van der Waals surface area contributed by atoms with Crippen LogP contribution in [-0.4, -0.2) is 16.8 Å². The summed E-state index contributed by atoms with van der Waals surface area (Å²) in [5, 5.41) is 3.08. The fraction of sp³-hybridized carbons (Fsp3) is 0.0909. The Balaban J connectivity index is 1.59. The van der Waals surface area contributed by atoms with Crippen molar-refractivity contribution in [3.05, 3.63) is 75.3 Å². The fourth-order valence-corrected chi connectivity index (χ4v) is 4.41. The molecule has 0 radical (unpaired) electrons. The van der Waals surface area contributed by atoms with Gasteiger partial charge in [-0.3, -0.25) is 4.79 Å². The highest BCUT2D eigenvalue weighted by molar-refractivity contribution is 7.13. The van der Waals surface area contributed by atoms with E-state index in [-0.39, 0.29) is 17.6 Å². The SMILES string of the molecule is O=c1c2cc(F)ccc2oc2c(Cc3ccc4c(c3)OCO4)[nH]c(-c3nccs3)c12. The Kier molecular flexibility index (Phi) is 3.69. The fourth-order valence-electron chi connectivity index (χ4n) is 3.76. The molecule has 0 saturated carbocycles. The molecule has 1 aliphatic rings. The lowest BCUT2D eigenvalue weighted by Gasteiger charge is -2.03. The average molecular weight is 420 g/mol. The minimum absolute atomic E-state index is 0.203. The van der Waals surface area contributed by atoms with Crippen molar-refractivity contribution in [1.29, 1.82) is 0 Å². The van der Waals surface area contributed by atoms with E-state index in [4.69, 9.17) is 13.9 Å². The summed E-state index contributed by atoms with van der Waals surface area (Å²) in [5.41, 5.74) is 2.78. The summed E-state index contributed by atoms with van der Waals surface area (Å²) in [4.78, 5) is 20.9. The topological polar surface area (TPSA) is 77.4 Å². The highest BCUT2D eigenvalue weighted by Crippen LogP contribution is 2.36. The maximum Gasteiger partial charge on any atom is 0.231 e. The molecule has 0 unspecified atom stereocenters. The molecule has 30 heavy (non-hydrogen) atoms. The third kappa shape index (κ3) is 2.61. The predicted octanol–water partition coefficient (Wildman–Crippen LogP) is 4.86. The maximum absolute atomic E-state index is 13.8. The summed E-state index contributed by atoms with van der Waals surface area (Å²) < 4.78 is 30.7. The van der Waals surface area contributed by atoms with Gasteiger partial charge in [0.05, 0.1) is 22.2 Å². The summed E-state index contributed by atoms with van der Waals surface area (Å²) >= 11 is 1.41. The Morgan fingerprint density at radius 2 is 2.03 bits per heavy atom. The Bertz CT molecular complexity index is 1490. The molecule has 0 saturated heterocycles. The Labute approximate surface area is 172 Å². The van der Waals surface area contributed by atoms with Crippen molar-refractivity contribution in [2.24, 2.45) is 0 Å². The summed E-state index contributed by atoms with van der Waals surface area (Å²) in [6, 6.07) is 9.68. The van der Waals surface area contributed by atoms with Crippen LogP contribution in [0.1, 0.15) is 11.3 Å². The van der Waals surface area contributed by atoms with E-state index in [1.807, 2.05) is 23.6 Å². The molecule has 0 aliphatic carbocycles. The van der Waals surface area contributed by atoms with Gasteiger partial charge in [0.2, 0.25) is 12.2 Å². The lowest BCUT2D eigenvalue weighted by atomic mass is 10.1. The Morgan fingerprint density at radius 1 is 1.13 bits per heavy atom. The minimum Gasteiger partial charge on any atom is -0.454 e. The van der Waals surface area contributed by atoms with E-state index in [1.54, 1.807) is 6.20 Å². The van der Waals surface area contributed by atoms with E-state index >= 15 is 0 Å². The first-order valence-corrected chi connectivity index (χ1v) is 10.1. The van der Waals surface area contributed by atoms with Gasteiger partial charge in [0, 0.05) is 18.0 Å². The van der Waals surface area contributed by atoms with Crippen molar-refractivity contribution < 1.29 is 18.3 Å². The number of thiazole rings is 1. The van der Waals surface area contributed by atoms with Crippen molar-refractivity contribution >= 4 is 33.3 Å². The molecular weight excluding hydrogens is 407 g/mol. The van der Waals surface area contributed by atoms with E-state index in [2.05, 4.69) is 9.97 Å². The van der Waals surface area contributed by atoms with Gasteiger partial charge in [0.25, 0.3) is 0 Å². The summed E-state index contributed by atoms with van der Waals surface area (Å²) in [6.45, 7) is 0.204. The van der Waals surface area contributed by atoms with Gasteiger partial charge < -0.3 is 18.9 Å². The third-order valence-electron chi connectivity index (χ3n) is 5.12. The Hall–Kier alpha value is -3.65. The molecule has 3 aromatic heterocycles. The van der Waals surface area contributed by atoms with Gasteiger partial charge in [0.15, 0.2) is 17.1 Å². The van der Waals surface area contributed by atoms with Crippen molar-refractivity contribution in [3.63, 3.8) is 0 Å². The number of ether oxygens (including phenoxy) is 2. The van der Waals surface area contributed by atoms with Gasteiger partial charge >= 0.3 is 0 Å². The summed E-state index contributed by atoms with van der Waals surface area (Å²) in [5.74, 6) is 0.907. The number of nitrogens with zero attached hydrogens (tertiary/aromatic N) is 1. The van der Waals surface area contributed by atoms with E-state index in [9.17, 15) is 9.18 Å². The van der Waals surface area contributed by atoms with Crippen LogP contribution in [-0.2, 0) is 6.42 Å². The second-order valence-electron chi connectivity index (χ2n) is 6.96. The van der Waals surface area contributed by atoms with Crippen LogP contribution in [0.3, 0.4) is 0 Å². The normalized spacial score (nSPS) is 12.8. The molecule has 0 atom stereocenters. The molecule has 8 heteroatoms. The van der Waals surface area contributed by atoms with Crippen LogP contribution in [0.5, 0.6) is 11.5 Å². The number of nitrogens with one attached hydrogen (secondary N) is 1. The quantitative estimate of drug-likeness (QED) is 0.451. The maximum atomic E-state index is 13.8. The number of benzene rings is 2. The van der Waals surface area contributed by atoms with Crippen LogP contribution >= 0.6 is 11.3 Å². The van der Waals surface area contributed by atoms with Crippen LogP contribution in [0.25, 0.3) is 32.6 Å². The number of hydrogen-bond acceptors (Lipinski definition) is 6. The second kappa shape index (κ2) is 6.43. The summed E-state index contributed by atoms with van der Waals surface area (Å²) in [6.07, 6.45) is 2.15. The van der Waals surface area contributed by atoms with Gasteiger partial charge in [-0.15, -0.1) is 11.3 Å². The number of hydrogen-bond donors (Lipinski definition) is 1. The molecule has 5 aromatic rings. The molecule has 0 bridgehead atoms. The van der Waals surface area contributed by atoms with E-state index in [0.717, 1.165) is 11.3 Å². The van der Waals surface area contributed by atoms with Crippen molar-refractivity contribution in [2.75, 3.05) is 6.79 Å². The van der Waals surface area contributed by atoms with Crippen molar-refractivity contribution in [1.82, 2.24) is 9.97 Å². The number of rotatable bonds is 3. The van der Waals surface area contributed by atoms with Gasteiger partial charge in [-0.1, -0.05) is 6.07 Å². The molecule has 0 fully saturated rings. The molecule has 1 N–H and O–H groups in total. The first kappa shape index (κ1) is 17.2. The largest absolute Gasteiger partial charge is 0.454 e. The number of aromatic nitrogens is 2. The number of halogens is 1. The van der Waals surface area contributed by atoms with Gasteiger partial charge in [-0.25, -0.2) is 9.37 Å². The highest BCUT2D eigenvalue weighted by Gasteiger charge is 2.22. The molecule has 6 rings (SSSR count). The first-order chi connectivity index (χ1) is 14.7. The molecule has 0 spiro atoms. The van der Waals surface area contributed by atoms with Crippen molar-refractivity contribution in [2.45, 2.75) is 6.42 Å². The molecule has 148 valence electrons. The van der Waals surface area contributed by atoms with Gasteiger partial charge in [-0.2, -0.15) is 0 Å². The standard InChI is InChI=1S/C22H13FN2O4S/c23-12-2-4-15-13(9-12)20(26)18-19(22-24-5-6-30-22)25-14(21(18)29-15)7-11-1-3-16-17(8-11)28-10-27-16/h1-6,8-9,25H,7,10H2. The molecule has 2 aromatic carbocycles. The third-order valence-corrected chi connectivity index (χ3v) is 5.91. The average Bonchev–Trinajstić information content (AvgIpc) is 3.48.